The van der Waals surface area contributed by atoms with Crippen molar-refractivity contribution in [3.05, 3.63) is 46.7 Å². The number of aryl methyl sites for hydroxylation is 1. The molecule has 0 amide bonds. The predicted octanol–water partition coefficient (Wildman–Crippen LogP) is 2.16. The molecular formula is C14H19ClN4O. The van der Waals surface area contributed by atoms with Gasteiger partial charge in [0.25, 0.3) is 0 Å². The summed E-state index contributed by atoms with van der Waals surface area (Å²) in [5.74, 6) is 0. The highest BCUT2D eigenvalue weighted by Crippen LogP contribution is 2.22. The van der Waals surface area contributed by atoms with E-state index in [1.807, 2.05) is 30.5 Å². The molecule has 0 spiro atoms. The van der Waals surface area contributed by atoms with Crippen LogP contribution < -0.4 is 5.32 Å². The molecule has 1 atom stereocenters. The molecular weight excluding hydrogens is 276 g/mol. The first-order valence-electron chi connectivity index (χ1n) is 6.68. The molecule has 0 aliphatic carbocycles. The molecule has 0 radical (unpaired) electrons. The van der Waals surface area contributed by atoms with Crippen LogP contribution in [0.25, 0.3) is 0 Å². The topological polar surface area (TPSA) is 63.0 Å². The van der Waals surface area contributed by atoms with Crippen LogP contribution in [0.4, 0.5) is 0 Å². The van der Waals surface area contributed by atoms with Gasteiger partial charge in [-0.2, -0.15) is 0 Å². The maximum Gasteiger partial charge on any atom is 0.0965 e. The predicted molar refractivity (Wildman–Crippen MR) is 78.4 cm³/mol. The van der Waals surface area contributed by atoms with Crippen molar-refractivity contribution in [2.75, 3.05) is 6.61 Å². The van der Waals surface area contributed by atoms with E-state index in [2.05, 4.69) is 22.6 Å². The fourth-order valence-corrected chi connectivity index (χ4v) is 2.25. The maximum atomic E-state index is 8.78. The van der Waals surface area contributed by atoms with Crippen LogP contribution in [0, 0.1) is 0 Å². The van der Waals surface area contributed by atoms with E-state index in [0.717, 1.165) is 16.3 Å². The molecule has 5 nitrogen and oxygen atoms in total. The second-order valence-corrected chi connectivity index (χ2v) is 5.08. The summed E-state index contributed by atoms with van der Waals surface area (Å²) >= 11 is 6.17. The number of hydrogen-bond donors (Lipinski definition) is 2. The number of halogens is 1. The van der Waals surface area contributed by atoms with Gasteiger partial charge in [0.2, 0.25) is 0 Å². The lowest BCUT2D eigenvalue weighted by atomic mass is 10.1. The highest BCUT2D eigenvalue weighted by molar-refractivity contribution is 6.31. The highest BCUT2D eigenvalue weighted by Gasteiger charge is 2.09. The van der Waals surface area contributed by atoms with Crippen LogP contribution in [0.3, 0.4) is 0 Å². The van der Waals surface area contributed by atoms with Gasteiger partial charge in [-0.25, -0.2) is 0 Å². The van der Waals surface area contributed by atoms with Crippen molar-refractivity contribution in [3.63, 3.8) is 0 Å². The van der Waals surface area contributed by atoms with Gasteiger partial charge in [-0.3, -0.25) is 4.68 Å². The fraction of sp³-hybridized carbons (Fsp3) is 0.429. The fourth-order valence-electron chi connectivity index (χ4n) is 1.96. The molecule has 0 unspecified atom stereocenters. The van der Waals surface area contributed by atoms with Gasteiger partial charge in [0, 0.05) is 37.0 Å². The van der Waals surface area contributed by atoms with E-state index in [9.17, 15) is 0 Å². The Morgan fingerprint density at radius 3 is 2.95 bits per heavy atom. The third-order valence-electron chi connectivity index (χ3n) is 3.09. The molecule has 0 fully saturated rings. The van der Waals surface area contributed by atoms with Crippen LogP contribution in [0.1, 0.15) is 30.6 Å². The number of rotatable bonds is 7. The molecule has 2 N–H and O–H groups in total. The molecule has 0 aliphatic rings. The molecule has 108 valence electrons. The summed E-state index contributed by atoms with van der Waals surface area (Å²) in [6, 6.07) is 7.94. The Kier molecular flexibility index (Phi) is 5.52. The monoisotopic (exact) mass is 294 g/mol. The zero-order valence-electron chi connectivity index (χ0n) is 11.5. The average molecular weight is 295 g/mol. The second-order valence-electron chi connectivity index (χ2n) is 4.67. The number of aliphatic hydroxyl groups is 1. The van der Waals surface area contributed by atoms with Crippen molar-refractivity contribution in [2.24, 2.45) is 0 Å². The summed E-state index contributed by atoms with van der Waals surface area (Å²) < 4.78 is 1.74. The Morgan fingerprint density at radius 2 is 2.20 bits per heavy atom. The van der Waals surface area contributed by atoms with Gasteiger partial charge in [0.1, 0.15) is 0 Å². The molecule has 1 heterocycles. The summed E-state index contributed by atoms with van der Waals surface area (Å²) in [5, 5.41) is 21.0. The van der Waals surface area contributed by atoms with Crippen LogP contribution in [-0.2, 0) is 13.1 Å². The van der Waals surface area contributed by atoms with Gasteiger partial charge in [0.15, 0.2) is 0 Å². The minimum atomic E-state index is 0.145. The third kappa shape index (κ3) is 4.03. The van der Waals surface area contributed by atoms with Gasteiger partial charge in [-0.1, -0.05) is 35.0 Å². The molecule has 1 aromatic carbocycles. The van der Waals surface area contributed by atoms with Crippen molar-refractivity contribution in [2.45, 2.75) is 32.5 Å². The van der Waals surface area contributed by atoms with Gasteiger partial charge >= 0.3 is 0 Å². The van der Waals surface area contributed by atoms with Crippen LogP contribution >= 0.6 is 11.6 Å². The lowest BCUT2D eigenvalue weighted by Gasteiger charge is -2.14. The normalized spacial score (nSPS) is 12.6. The van der Waals surface area contributed by atoms with Crippen LogP contribution in [-0.4, -0.2) is 26.7 Å². The van der Waals surface area contributed by atoms with Crippen molar-refractivity contribution >= 4 is 11.6 Å². The number of nitrogens with zero attached hydrogens (tertiary/aromatic N) is 3. The van der Waals surface area contributed by atoms with E-state index in [-0.39, 0.29) is 12.6 Å². The number of aromatic nitrogens is 3. The molecule has 0 aliphatic heterocycles. The van der Waals surface area contributed by atoms with E-state index in [0.29, 0.717) is 19.5 Å². The van der Waals surface area contributed by atoms with Gasteiger partial charge in [0.05, 0.1) is 5.69 Å². The quantitative estimate of drug-likeness (QED) is 0.821. The van der Waals surface area contributed by atoms with E-state index in [1.165, 1.54) is 0 Å². The van der Waals surface area contributed by atoms with E-state index in [4.69, 9.17) is 16.7 Å². The first-order valence-corrected chi connectivity index (χ1v) is 7.06. The van der Waals surface area contributed by atoms with Crippen LogP contribution in [0.15, 0.2) is 30.5 Å². The molecule has 2 aromatic rings. The van der Waals surface area contributed by atoms with Crippen molar-refractivity contribution < 1.29 is 5.11 Å². The number of hydrogen-bond acceptors (Lipinski definition) is 4. The summed E-state index contributed by atoms with van der Waals surface area (Å²) in [4.78, 5) is 0. The Labute approximate surface area is 123 Å². The zero-order valence-corrected chi connectivity index (χ0v) is 12.2. The minimum absolute atomic E-state index is 0.145. The maximum absolute atomic E-state index is 8.78. The van der Waals surface area contributed by atoms with E-state index >= 15 is 0 Å². The Morgan fingerprint density at radius 1 is 1.40 bits per heavy atom. The summed E-state index contributed by atoms with van der Waals surface area (Å²) in [6.45, 7) is 3.55. The van der Waals surface area contributed by atoms with E-state index < -0.39 is 0 Å². The summed E-state index contributed by atoms with van der Waals surface area (Å²) in [6.07, 6.45) is 2.58. The minimum Gasteiger partial charge on any atom is -0.396 e. The Bertz CT molecular complexity index is 543. The van der Waals surface area contributed by atoms with Gasteiger partial charge in [-0.15, -0.1) is 5.10 Å². The third-order valence-corrected chi connectivity index (χ3v) is 3.44. The molecule has 6 heteroatoms. The molecule has 20 heavy (non-hydrogen) atoms. The number of aliphatic hydroxyl groups excluding tert-OH is 1. The second kappa shape index (κ2) is 7.38. The molecule has 2 rings (SSSR count). The standard InChI is InChI=1S/C14H19ClN4O/c1-11(13-5-2-3-6-14(13)15)16-9-12-10-19(18-17-12)7-4-8-20/h2-3,5-6,10-11,16,20H,4,7-9H2,1H3/t11-/m0/s1. The zero-order chi connectivity index (χ0) is 14.4. The SMILES string of the molecule is C[C@H](NCc1cn(CCCO)nn1)c1ccccc1Cl. The van der Waals surface area contributed by atoms with Crippen molar-refractivity contribution in [1.82, 2.24) is 20.3 Å². The number of nitrogens with one attached hydrogen (secondary N) is 1. The average Bonchev–Trinajstić information content (AvgIpc) is 2.91. The molecule has 1 aromatic heterocycles. The van der Waals surface area contributed by atoms with Gasteiger partial charge < -0.3 is 10.4 Å². The van der Waals surface area contributed by atoms with Crippen molar-refractivity contribution in [1.29, 1.82) is 0 Å². The van der Waals surface area contributed by atoms with Crippen LogP contribution in [0.5, 0.6) is 0 Å². The highest BCUT2D eigenvalue weighted by atomic mass is 35.5. The Balaban J connectivity index is 1.88. The first-order chi connectivity index (χ1) is 9.70. The smallest absolute Gasteiger partial charge is 0.0965 e. The lowest BCUT2D eigenvalue weighted by molar-refractivity contribution is 0.276. The number of benzene rings is 1. The molecule has 0 bridgehead atoms. The summed E-state index contributed by atoms with van der Waals surface area (Å²) in [7, 11) is 0. The van der Waals surface area contributed by atoms with Crippen molar-refractivity contribution in [3.8, 4) is 0 Å². The molecule has 0 saturated heterocycles. The summed E-state index contributed by atoms with van der Waals surface area (Å²) in [5.41, 5.74) is 1.95. The van der Waals surface area contributed by atoms with Gasteiger partial charge in [-0.05, 0) is 25.0 Å². The Hall–Kier alpha value is -1.43. The lowest BCUT2D eigenvalue weighted by Crippen LogP contribution is -2.18. The first kappa shape index (κ1) is 15.0. The van der Waals surface area contributed by atoms with E-state index in [1.54, 1.807) is 4.68 Å². The van der Waals surface area contributed by atoms with Crippen LogP contribution in [0.2, 0.25) is 5.02 Å². The largest absolute Gasteiger partial charge is 0.396 e. The molecule has 0 saturated carbocycles.